The Kier molecular flexibility index (Phi) is 7.87. The van der Waals surface area contributed by atoms with Gasteiger partial charge in [0.25, 0.3) is 5.91 Å². The molecule has 2 aromatic carbocycles. The third kappa shape index (κ3) is 6.74. The minimum atomic E-state index is -0.677. The van der Waals surface area contributed by atoms with Crippen molar-refractivity contribution in [3.8, 4) is 0 Å². The van der Waals surface area contributed by atoms with Gasteiger partial charge < -0.3 is 21.4 Å². The van der Waals surface area contributed by atoms with Crippen LogP contribution in [0.4, 0.5) is 17.2 Å². The largest absolute Gasteiger partial charge is 0.347 e. The van der Waals surface area contributed by atoms with Gasteiger partial charge in [0.2, 0.25) is 0 Å². The normalized spacial score (nSPS) is 14.3. The molecule has 1 aromatic heterocycles. The van der Waals surface area contributed by atoms with Gasteiger partial charge in [0, 0.05) is 35.1 Å². The van der Waals surface area contributed by atoms with Crippen molar-refractivity contribution in [2.45, 2.75) is 18.9 Å². The number of amides is 1. The standard InChI is InChI=1S/C24H25BrN6OS/c25-18-8-13-21(26-16-18)28-24(33)29-22(17-6-2-1-3-7-17)23(32)27-19-9-11-20(12-10-19)30-31-14-4-5-15-31/h1-3,6-13,16,22,30H,4-5,14-15H2,(H,27,32)(H2,26,28,29,33). The molecule has 1 fully saturated rings. The van der Waals surface area contributed by atoms with Crippen LogP contribution in [0.15, 0.2) is 77.4 Å². The monoisotopic (exact) mass is 524 g/mol. The smallest absolute Gasteiger partial charge is 0.251 e. The van der Waals surface area contributed by atoms with Crippen LogP contribution in [-0.2, 0) is 4.79 Å². The van der Waals surface area contributed by atoms with Crippen LogP contribution in [0.25, 0.3) is 0 Å². The summed E-state index contributed by atoms with van der Waals surface area (Å²) in [5.41, 5.74) is 5.91. The maximum atomic E-state index is 13.2. The number of rotatable bonds is 7. The first kappa shape index (κ1) is 23.2. The van der Waals surface area contributed by atoms with Crippen molar-refractivity contribution >= 4 is 56.4 Å². The molecule has 0 radical (unpaired) electrons. The molecule has 1 aliphatic heterocycles. The molecular weight excluding hydrogens is 500 g/mol. The Bertz CT molecular complexity index is 1070. The summed E-state index contributed by atoms with van der Waals surface area (Å²) in [7, 11) is 0. The molecule has 33 heavy (non-hydrogen) atoms. The molecule has 0 saturated carbocycles. The minimum Gasteiger partial charge on any atom is -0.347 e. The average Bonchev–Trinajstić information content (AvgIpc) is 3.34. The quantitative estimate of drug-likeness (QED) is 0.326. The van der Waals surface area contributed by atoms with Gasteiger partial charge in [-0.25, -0.2) is 9.99 Å². The number of hydrogen-bond donors (Lipinski definition) is 4. The number of hydrazine groups is 1. The SMILES string of the molecule is O=C(Nc1ccc(NN2CCCC2)cc1)C(NC(=S)Nc1ccc(Br)cn1)c1ccccc1. The summed E-state index contributed by atoms with van der Waals surface area (Å²) in [4.78, 5) is 17.5. The fraction of sp³-hybridized carbons (Fsp3) is 0.208. The van der Waals surface area contributed by atoms with Crippen LogP contribution in [0.1, 0.15) is 24.4 Å². The van der Waals surface area contributed by atoms with Gasteiger partial charge in [0.05, 0.1) is 0 Å². The van der Waals surface area contributed by atoms with Gasteiger partial charge in [-0.1, -0.05) is 30.3 Å². The highest BCUT2D eigenvalue weighted by molar-refractivity contribution is 9.10. The number of carbonyl (C=O) groups excluding carboxylic acids is 1. The molecule has 1 aliphatic rings. The molecule has 0 spiro atoms. The lowest BCUT2D eigenvalue weighted by Gasteiger charge is -2.21. The second kappa shape index (κ2) is 11.2. The summed E-state index contributed by atoms with van der Waals surface area (Å²) in [5, 5.41) is 11.6. The van der Waals surface area contributed by atoms with E-state index in [4.69, 9.17) is 12.2 Å². The van der Waals surface area contributed by atoms with Gasteiger partial charge in [-0.05, 0) is 83.0 Å². The van der Waals surface area contributed by atoms with Gasteiger partial charge in [-0.2, -0.15) is 0 Å². The van der Waals surface area contributed by atoms with Crippen LogP contribution in [0.2, 0.25) is 0 Å². The van der Waals surface area contributed by atoms with E-state index in [9.17, 15) is 4.79 Å². The lowest BCUT2D eigenvalue weighted by molar-refractivity contribution is -0.117. The number of halogens is 1. The third-order valence-electron chi connectivity index (χ3n) is 5.19. The first-order valence-corrected chi connectivity index (χ1v) is 11.9. The number of aromatic nitrogens is 1. The van der Waals surface area contributed by atoms with Crippen molar-refractivity contribution < 1.29 is 4.79 Å². The number of pyridine rings is 1. The zero-order valence-corrected chi connectivity index (χ0v) is 20.3. The number of nitrogens with zero attached hydrogens (tertiary/aromatic N) is 2. The van der Waals surface area contributed by atoms with E-state index < -0.39 is 6.04 Å². The molecule has 0 aliphatic carbocycles. The summed E-state index contributed by atoms with van der Waals surface area (Å²) in [6.45, 7) is 2.10. The highest BCUT2D eigenvalue weighted by Crippen LogP contribution is 2.20. The zero-order valence-electron chi connectivity index (χ0n) is 17.9. The molecule has 0 bridgehead atoms. The first-order valence-electron chi connectivity index (χ1n) is 10.7. The molecule has 7 nitrogen and oxygen atoms in total. The van der Waals surface area contributed by atoms with Crippen LogP contribution in [-0.4, -0.2) is 34.1 Å². The molecular formula is C24H25BrN6OS. The van der Waals surface area contributed by atoms with E-state index in [1.54, 1.807) is 12.3 Å². The van der Waals surface area contributed by atoms with Crippen LogP contribution < -0.4 is 21.4 Å². The van der Waals surface area contributed by atoms with E-state index in [0.717, 1.165) is 28.8 Å². The second-order valence-electron chi connectivity index (χ2n) is 7.68. The summed E-state index contributed by atoms with van der Waals surface area (Å²) in [6.07, 6.45) is 4.10. The van der Waals surface area contributed by atoms with Crippen LogP contribution in [0.5, 0.6) is 0 Å². The van der Waals surface area contributed by atoms with E-state index in [0.29, 0.717) is 16.6 Å². The highest BCUT2D eigenvalue weighted by Gasteiger charge is 2.22. The van der Waals surface area contributed by atoms with Crippen molar-refractivity contribution in [1.29, 1.82) is 0 Å². The van der Waals surface area contributed by atoms with Crippen LogP contribution in [0, 0.1) is 0 Å². The van der Waals surface area contributed by atoms with E-state index in [-0.39, 0.29) is 5.91 Å². The summed E-state index contributed by atoms with van der Waals surface area (Å²) >= 11 is 8.81. The molecule has 170 valence electrons. The minimum absolute atomic E-state index is 0.214. The number of hydrogen-bond acceptors (Lipinski definition) is 5. The first-order chi connectivity index (χ1) is 16.1. The molecule has 1 saturated heterocycles. The second-order valence-corrected chi connectivity index (χ2v) is 9.00. The Morgan fingerprint density at radius 3 is 2.30 bits per heavy atom. The Hall–Kier alpha value is -3.01. The molecule has 1 amide bonds. The number of benzene rings is 2. The Labute approximate surface area is 207 Å². The highest BCUT2D eigenvalue weighted by atomic mass is 79.9. The van der Waals surface area contributed by atoms with Gasteiger partial charge in [0.1, 0.15) is 11.9 Å². The topological polar surface area (TPSA) is 81.3 Å². The van der Waals surface area contributed by atoms with Gasteiger partial charge in [0.15, 0.2) is 5.11 Å². The van der Waals surface area contributed by atoms with Crippen molar-refractivity contribution in [1.82, 2.24) is 15.3 Å². The summed E-state index contributed by atoms with van der Waals surface area (Å²) in [5.74, 6) is 0.373. The predicted octanol–water partition coefficient (Wildman–Crippen LogP) is 4.93. The zero-order chi connectivity index (χ0) is 23.0. The average molecular weight is 525 g/mol. The van der Waals surface area contributed by atoms with E-state index in [1.807, 2.05) is 60.7 Å². The number of thiocarbonyl (C=S) groups is 1. The predicted molar refractivity (Wildman–Crippen MR) is 140 cm³/mol. The molecule has 3 aromatic rings. The summed E-state index contributed by atoms with van der Waals surface area (Å²) in [6, 6.07) is 20.2. The number of nitrogens with one attached hydrogen (secondary N) is 4. The molecule has 1 atom stereocenters. The van der Waals surface area contributed by atoms with Crippen molar-refractivity contribution in [3.63, 3.8) is 0 Å². The summed E-state index contributed by atoms with van der Waals surface area (Å²) < 4.78 is 0.870. The van der Waals surface area contributed by atoms with E-state index in [1.165, 1.54) is 12.8 Å². The fourth-order valence-corrected chi connectivity index (χ4v) is 3.99. The molecule has 4 N–H and O–H groups in total. The molecule has 2 heterocycles. The Balaban J connectivity index is 1.42. The van der Waals surface area contributed by atoms with Crippen molar-refractivity contribution in [2.24, 2.45) is 0 Å². The molecule has 1 unspecified atom stereocenters. The third-order valence-corrected chi connectivity index (χ3v) is 5.87. The van der Waals surface area contributed by atoms with Gasteiger partial charge in [-0.15, -0.1) is 0 Å². The Morgan fingerprint density at radius 1 is 0.939 bits per heavy atom. The maximum absolute atomic E-state index is 13.2. The van der Waals surface area contributed by atoms with Gasteiger partial charge >= 0.3 is 0 Å². The number of carbonyl (C=O) groups is 1. The van der Waals surface area contributed by atoms with E-state index >= 15 is 0 Å². The van der Waals surface area contributed by atoms with Crippen LogP contribution >= 0.6 is 28.1 Å². The lowest BCUT2D eigenvalue weighted by Crippen LogP contribution is -2.39. The van der Waals surface area contributed by atoms with E-state index in [2.05, 4.69) is 47.3 Å². The van der Waals surface area contributed by atoms with Crippen LogP contribution in [0.3, 0.4) is 0 Å². The maximum Gasteiger partial charge on any atom is 0.251 e. The van der Waals surface area contributed by atoms with Crippen molar-refractivity contribution in [2.75, 3.05) is 29.1 Å². The van der Waals surface area contributed by atoms with Crippen molar-refractivity contribution in [3.05, 3.63) is 83.0 Å². The Morgan fingerprint density at radius 2 is 1.64 bits per heavy atom. The molecule has 4 rings (SSSR count). The van der Waals surface area contributed by atoms with Gasteiger partial charge in [-0.3, -0.25) is 4.79 Å². The fourth-order valence-electron chi connectivity index (χ4n) is 3.53. The molecule has 9 heteroatoms. The number of anilines is 3. The lowest BCUT2D eigenvalue weighted by atomic mass is 10.1.